The average molecular weight is 233 g/mol. The molecule has 1 aromatic carbocycles. The lowest BCUT2D eigenvalue weighted by Gasteiger charge is -2.17. The summed E-state index contributed by atoms with van der Waals surface area (Å²) in [4.78, 5) is 0. The molecular formula is C16H27N. The van der Waals surface area contributed by atoms with Crippen molar-refractivity contribution in [2.45, 2.75) is 59.9 Å². The Bertz CT molecular complexity index is 332. The molecule has 1 nitrogen and oxygen atoms in total. The summed E-state index contributed by atoms with van der Waals surface area (Å²) in [5.74, 6) is 0. The zero-order chi connectivity index (χ0) is 12.8. The molecule has 0 aliphatic heterocycles. The minimum atomic E-state index is 0.667. The van der Waals surface area contributed by atoms with Crippen molar-refractivity contribution in [3.05, 3.63) is 34.4 Å². The Morgan fingerprint density at radius 1 is 1.06 bits per heavy atom. The van der Waals surface area contributed by atoms with E-state index in [0.29, 0.717) is 6.04 Å². The van der Waals surface area contributed by atoms with Crippen molar-refractivity contribution >= 4 is 0 Å². The summed E-state index contributed by atoms with van der Waals surface area (Å²) in [6.45, 7) is 12.2. The number of rotatable bonds is 6. The van der Waals surface area contributed by atoms with Crippen LogP contribution in [0.2, 0.25) is 0 Å². The molecule has 0 bridgehead atoms. The molecule has 0 radical (unpaired) electrons. The smallest absolute Gasteiger partial charge is 0.00674 e. The Labute approximate surface area is 107 Å². The maximum absolute atomic E-state index is 3.55. The monoisotopic (exact) mass is 233 g/mol. The molecule has 0 aliphatic rings. The van der Waals surface area contributed by atoms with E-state index in [9.17, 15) is 0 Å². The van der Waals surface area contributed by atoms with Gasteiger partial charge in [-0.15, -0.1) is 0 Å². The molecule has 0 fully saturated rings. The Balaban J connectivity index is 2.68. The van der Waals surface area contributed by atoms with Crippen LogP contribution >= 0.6 is 0 Å². The molecule has 1 unspecified atom stereocenters. The van der Waals surface area contributed by atoms with E-state index in [1.54, 1.807) is 5.56 Å². The van der Waals surface area contributed by atoms with Gasteiger partial charge >= 0.3 is 0 Å². The van der Waals surface area contributed by atoms with Crippen LogP contribution in [0, 0.1) is 20.8 Å². The van der Waals surface area contributed by atoms with Crippen LogP contribution in [-0.2, 0) is 6.42 Å². The van der Waals surface area contributed by atoms with Gasteiger partial charge in [-0.25, -0.2) is 0 Å². The fraction of sp³-hybridized carbons (Fsp3) is 0.625. The quantitative estimate of drug-likeness (QED) is 0.785. The van der Waals surface area contributed by atoms with Crippen LogP contribution in [0.25, 0.3) is 0 Å². The van der Waals surface area contributed by atoms with Gasteiger partial charge in [0.25, 0.3) is 0 Å². The molecule has 1 N–H and O–H groups in total. The first-order valence-corrected chi connectivity index (χ1v) is 6.88. The maximum atomic E-state index is 3.55. The summed E-state index contributed by atoms with van der Waals surface area (Å²) in [6.07, 6.45) is 3.66. The van der Waals surface area contributed by atoms with Gasteiger partial charge < -0.3 is 5.32 Å². The van der Waals surface area contributed by atoms with Crippen molar-refractivity contribution in [3.8, 4) is 0 Å². The molecule has 0 spiro atoms. The molecule has 1 heteroatoms. The van der Waals surface area contributed by atoms with Crippen LogP contribution in [-0.4, -0.2) is 12.6 Å². The van der Waals surface area contributed by atoms with Crippen molar-refractivity contribution < 1.29 is 0 Å². The summed E-state index contributed by atoms with van der Waals surface area (Å²) in [7, 11) is 0. The first-order valence-electron chi connectivity index (χ1n) is 6.88. The highest BCUT2D eigenvalue weighted by molar-refractivity contribution is 5.37. The lowest BCUT2D eigenvalue weighted by atomic mass is 9.94. The molecule has 0 saturated heterocycles. The number of hydrogen-bond acceptors (Lipinski definition) is 1. The summed E-state index contributed by atoms with van der Waals surface area (Å²) in [5.41, 5.74) is 5.83. The topological polar surface area (TPSA) is 12.0 Å². The van der Waals surface area contributed by atoms with Gasteiger partial charge in [0.2, 0.25) is 0 Å². The Kier molecular flexibility index (Phi) is 5.70. The molecular weight excluding hydrogens is 206 g/mol. The summed E-state index contributed by atoms with van der Waals surface area (Å²) in [6, 6.07) is 5.27. The predicted octanol–water partition coefficient (Wildman–Crippen LogP) is 3.93. The summed E-state index contributed by atoms with van der Waals surface area (Å²) in [5, 5.41) is 3.55. The van der Waals surface area contributed by atoms with Crippen molar-refractivity contribution in [1.29, 1.82) is 0 Å². The molecule has 0 saturated carbocycles. The molecule has 0 heterocycles. The van der Waals surface area contributed by atoms with Crippen LogP contribution in [0.15, 0.2) is 12.1 Å². The van der Waals surface area contributed by atoms with E-state index in [4.69, 9.17) is 0 Å². The van der Waals surface area contributed by atoms with Crippen LogP contribution < -0.4 is 5.32 Å². The van der Waals surface area contributed by atoms with E-state index in [1.165, 1.54) is 36.0 Å². The van der Waals surface area contributed by atoms with Gasteiger partial charge in [0.1, 0.15) is 0 Å². The second-order valence-corrected chi connectivity index (χ2v) is 5.08. The van der Waals surface area contributed by atoms with E-state index in [2.05, 4.69) is 52.1 Å². The van der Waals surface area contributed by atoms with Gasteiger partial charge in [0.05, 0.1) is 0 Å². The highest BCUT2D eigenvalue weighted by Crippen LogP contribution is 2.19. The number of aryl methyl sites for hydroxylation is 3. The van der Waals surface area contributed by atoms with Crippen molar-refractivity contribution in [2.24, 2.45) is 0 Å². The predicted molar refractivity (Wildman–Crippen MR) is 76.7 cm³/mol. The van der Waals surface area contributed by atoms with E-state index < -0.39 is 0 Å². The maximum Gasteiger partial charge on any atom is 0.00674 e. The minimum absolute atomic E-state index is 0.667. The molecule has 0 amide bonds. The molecule has 0 aromatic heterocycles. The fourth-order valence-corrected chi connectivity index (χ4v) is 2.66. The van der Waals surface area contributed by atoms with E-state index in [-0.39, 0.29) is 0 Å². The third-order valence-electron chi connectivity index (χ3n) is 3.57. The Hall–Kier alpha value is -0.820. The van der Waals surface area contributed by atoms with Crippen LogP contribution in [0.4, 0.5) is 0 Å². The highest BCUT2D eigenvalue weighted by Gasteiger charge is 2.08. The van der Waals surface area contributed by atoms with Crippen molar-refractivity contribution in [2.75, 3.05) is 6.54 Å². The molecule has 1 atom stereocenters. The summed E-state index contributed by atoms with van der Waals surface area (Å²) >= 11 is 0. The fourth-order valence-electron chi connectivity index (χ4n) is 2.66. The second-order valence-electron chi connectivity index (χ2n) is 5.08. The molecule has 17 heavy (non-hydrogen) atoms. The normalized spacial score (nSPS) is 12.8. The SMILES string of the molecule is CCNC(CC)CCc1c(C)cc(C)cc1C. The zero-order valence-electron chi connectivity index (χ0n) is 12.1. The lowest BCUT2D eigenvalue weighted by Crippen LogP contribution is -2.28. The van der Waals surface area contributed by atoms with E-state index in [0.717, 1.165) is 6.54 Å². The minimum Gasteiger partial charge on any atom is -0.314 e. The standard InChI is InChI=1S/C16H27N/c1-6-15(17-7-2)8-9-16-13(4)10-12(3)11-14(16)5/h10-11,15,17H,6-9H2,1-5H3. The first-order chi connectivity index (χ1) is 8.08. The molecule has 96 valence electrons. The molecule has 0 aliphatic carbocycles. The Morgan fingerprint density at radius 2 is 1.65 bits per heavy atom. The van der Waals surface area contributed by atoms with Gasteiger partial charge in [-0.3, -0.25) is 0 Å². The van der Waals surface area contributed by atoms with E-state index >= 15 is 0 Å². The second kappa shape index (κ2) is 6.80. The third-order valence-corrected chi connectivity index (χ3v) is 3.57. The molecule has 1 rings (SSSR count). The first kappa shape index (κ1) is 14.2. The van der Waals surface area contributed by atoms with Crippen LogP contribution in [0.5, 0.6) is 0 Å². The Morgan fingerprint density at radius 3 is 2.12 bits per heavy atom. The highest BCUT2D eigenvalue weighted by atomic mass is 14.9. The molecule has 1 aromatic rings. The van der Waals surface area contributed by atoms with Gasteiger partial charge in [0, 0.05) is 6.04 Å². The van der Waals surface area contributed by atoms with Crippen molar-refractivity contribution in [3.63, 3.8) is 0 Å². The summed E-state index contributed by atoms with van der Waals surface area (Å²) < 4.78 is 0. The van der Waals surface area contributed by atoms with Crippen molar-refractivity contribution in [1.82, 2.24) is 5.32 Å². The van der Waals surface area contributed by atoms with E-state index in [1.807, 2.05) is 0 Å². The number of hydrogen-bond donors (Lipinski definition) is 1. The number of nitrogens with one attached hydrogen (secondary N) is 1. The largest absolute Gasteiger partial charge is 0.314 e. The van der Waals surface area contributed by atoms with Gasteiger partial charge in [-0.1, -0.05) is 31.5 Å². The van der Waals surface area contributed by atoms with Crippen LogP contribution in [0.3, 0.4) is 0 Å². The average Bonchev–Trinajstić information content (AvgIpc) is 2.26. The van der Waals surface area contributed by atoms with Gasteiger partial charge in [0.15, 0.2) is 0 Å². The zero-order valence-corrected chi connectivity index (χ0v) is 12.1. The van der Waals surface area contributed by atoms with Crippen LogP contribution in [0.1, 0.15) is 48.9 Å². The number of benzene rings is 1. The third kappa shape index (κ3) is 4.16. The van der Waals surface area contributed by atoms with Gasteiger partial charge in [-0.05, 0) is 63.3 Å². The lowest BCUT2D eigenvalue weighted by molar-refractivity contribution is 0.480. The van der Waals surface area contributed by atoms with Gasteiger partial charge in [-0.2, -0.15) is 0 Å².